The van der Waals surface area contributed by atoms with E-state index < -0.39 is 0 Å². The predicted octanol–water partition coefficient (Wildman–Crippen LogP) is 3.24. The Balaban J connectivity index is 2.68. The summed E-state index contributed by atoms with van der Waals surface area (Å²) in [4.78, 5) is 8.99. The molecule has 0 radical (unpaired) electrons. The monoisotopic (exact) mass is 304 g/mol. The Morgan fingerprint density at radius 3 is 2.41 bits per heavy atom. The molecule has 0 saturated carbocycles. The van der Waals surface area contributed by atoms with Gasteiger partial charge in [0.2, 0.25) is 17.5 Å². The van der Waals surface area contributed by atoms with Crippen LogP contribution < -0.4 is 14.8 Å². The maximum atomic E-state index is 5.47. The molecule has 6 nitrogen and oxygen atoms in total. The lowest BCUT2D eigenvalue weighted by Gasteiger charge is -2.13. The highest BCUT2D eigenvalue weighted by atomic mass is 16.5. The van der Waals surface area contributed by atoms with Crippen molar-refractivity contribution in [2.45, 2.75) is 33.7 Å². The van der Waals surface area contributed by atoms with E-state index in [1.165, 1.54) is 0 Å². The molecular weight excluding hydrogens is 280 g/mol. The lowest BCUT2D eigenvalue weighted by Crippen LogP contribution is -2.13. The Bertz CT molecular complexity index is 674. The first kappa shape index (κ1) is 16.1. The van der Waals surface area contributed by atoms with E-state index in [2.05, 4.69) is 49.1 Å². The highest BCUT2D eigenvalue weighted by Gasteiger charge is 2.17. The number of rotatable bonds is 6. The quantitative estimate of drug-likeness (QED) is 0.887. The Morgan fingerprint density at radius 2 is 1.86 bits per heavy atom. The van der Waals surface area contributed by atoms with Gasteiger partial charge in [-0.1, -0.05) is 19.9 Å². The molecule has 6 heteroatoms. The molecule has 0 aliphatic heterocycles. The third-order valence-corrected chi connectivity index (χ3v) is 3.05. The highest BCUT2D eigenvalue weighted by molar-refractivity contribution is 5.67. The highest BCUT2D eigenvalue weighted by Crippen LogP contribution is 2.28. The summed E-state index contributed by atoms with van der Waals surface area (Å²) < 4.78 is 12.5. The van der Waals surface area contributed by atoms with Crippen LogP contribution in [0.2, 0.25) is 0 Å². The van der Waals surface area contributed by atoms with Gasteiger partial charge in [-0.05, 0) is 25.8 Å². The van der Waals surface area contributed by atoms with Crippen LogP contribution in [0.15, 0.2) is 12.1 Å². The largest absolute Gasteiger partial charge is 0.482 e. The molecule has 22 heavy (non-hydrogen) atoms. The van der Waals surface area contributed by atoms with Gasteiger partial charge < -0.3 is 14.8 Å². The maximum absolute atomic E-state index is 5.47. The van der Waals surface area contributed by atoms with E-state index >= 15 is 0 Å². The fourth-order valence-corrected chi connectivity index (χ4v) is 2.08. The maximum Gasteiger partial charge on any atom is 0.242 e. The minimum Gasteiger partial charge on any atom is -0.482 e. The van der Waals surface area contributed by atoms with Crippen molar-refractivity contribution in [1.29, 1.82) is 0 Å². The van der Waals surface area contributed by atoms with E-state index in [0.29, 0.717) is 23.5 Å². The summed E-state index contributed by atoms with van der Waals surface area (Å²) in [7, 11) is 3.20. The summed E-state index contributed by atoms with van der Waals surface area (Å²) in [6, 6.07) is 2.01. The number of ether oxygens (including phenoxy) is 2. The van der Waals surface area contributed by atoms with E-state index in [-0.39, 0.29) is 6.04 Å². The molecule has 0 saturated heterocycles. The molecule has 0 unspecified atom stereocenters. The number of anilines is 1. The van der Waals surface area contributed by atoms with Crippen molar-refractivity contribution in [3.05, 3.63) is 17.8 Å². The van der Waals surface area contributed by atoms with Crippen LogP contribution in [0.4, 0.5) is 5.82 Å². The first-order valence-electron chi connectivity index (χ1n) is 7.42. The van der Waals surface area contributed by atoms with Crippen LogP contribution >= 0.6 is 0 Å². The smallest absolute Gasteiger partial charge is 0.242 e. The van der Waals surface area contributed by atoms with Gasteiger partial charge in [-0.3, -0.25) is 0 Å². The average Bonchev–Trinajstić information content (AvgIpc) is 2.81. The Labute approximate surface area is 131 Å². The van der Waals surface area contributed by atoms with Gasteiger partial charge in [0.15, 0.2) is 0 Å². The molecule has 0 atom stereocenters. The normalized spacial score (nSPS) is 11.8. The fourth-order valence-electron chi connectivity index (χ4n) is 2.08. The van der Waals surface area contributed by atoms with Crippen molar-refractivity contribution in [3.63, 3.8) is 0 Å². The van der Waals surface area contributed by atoms with Gasteiger partial charge in [0.1, 0.15) is 11.5 Å². The molecule has 1 N–H and O–H groups in total. The van der Waals surface area contributed by atoms with Crippen LogP contribution in [0.25, 0.3) is 11.9 Å². The third kappa shape index (κ3) is 3.32. The number of aromatic nitrogens is 3. The number of allylic oxidation sites excluding steroid dienone is 1. The molecule has 0 bridgehead atoms. The Hall–Kier alpha value is -2.24. The van der Waals surface area contributed by atoms with Gasteiger partial charge in [-0.2, -0.15) is 4.98 Å². The Kier molecular flexibility index (Phi) is 4.90. The molecule has 0 aliphatic carbocycles. The van der Waals surface area contributed by atoms with Crippen LogP contribution in [-0.4, -0.2) is 34.6 Å². The number of fused-ring (bicyclic) bond motifs is 1. The van der Waals surface area contributed by atoms with Crippen LogP contribution in [0, 0.1) is 5.92 Å². The lowest BCUT2D eigenvalue weighted by molar-refractivity contribution is 0.370. The summed E-state index contributed by atoms with van der Waals surface area (Å²) >= 11 is 0. The van der Waals surface area contributed by atoms with Gasteiger partial charge in [0.05, 0.1) is 20.3 Å². The summed E-state index contributed by atoms with van der Waals surface area (Å²) in [6.45, 7) is 8.42. The molecule has 0 spiro atoms. The molecule has 2 aromatic rings. The topological polar surface area (TPSA) is 60.7 Å². The SMILES string of the molecule is COc1cc(OC)n2c(NC(C)C)c(/C=C/C(C)C)nc2n1. The minimum absolute atomic E-state index is 0.262. The van der Waals surface area contributed by atoms with Crippen molar-refractivity contribution < 1.29 is 9.47 Å². The molecule has 120 valence electrons. The van der Waals surface area contributed by atoms with E-state index in [0.717, 1.165) is 11.5 Å². The van der Waals surface area contributed by atoms with Gasteiger partial charge >= 0.3 is 0 Å². The van der Waals surface area contributed by atoms with Gasteiger partial charge in [-0.25, -0.2) is 9.38 Å². The first-order valence-corrected chi connectivity index (χ1v) is 7.42. The second kappa shape index (κ2) is 6.68. The van der Waals surface area contributed by atoms with E-state index in [1.54, 1.807) is 20.3 Å². The van der Waals surface area contributed by atoms with Crippen LogP contribution in [0.5, 0.6) is 11.8 Å². The van der Waals surface area contributed by atoms with Crippen LogP contribution in [-0.2, 0) is 0 Å². The molecule has 0 fully saturated rings. The molecule has 0 aliphatic rings. The number of imidazole rings is 1. The van der Waals surface area contributed by atoms with Gasteiger partial charge in [0.25, 0.3) is 0 Å². The third-order valence-electron chi connectivity index (χ3n) is 3.05. The second-order valence-electron chi connectivity index (χ2n) is 5.72. The Morgan fingerprint density at radius 1 is 1.14 bits per heavy atom. The van der Waals surface area contributed by atoms with Crippen LogP contribution in [0.1, 0.15) is 33.4 Å². The van der Waals surface area contributed by atoms with Crippen molar-refractivity contribution in [1.82, 2.24) is 14.4 Å². The lowest BCUT2D eigenvalue weighted by atomic mass is 10.2. The first-order chi connectivity index (χ1) is 10.5. The van der Waals surface area contributed by atoms with E-state index in [1.807, 2.05) is 10.5 Å². The number of hydrogen-bond donors (Lipinski definition) is 1. The number of methoxy groups -OCH3 is 2. The number of nitrogens with zero attached hydrogens (tertiary/aromatic N) is 3. The van der Waals surface area contributed by atoms with E-state index in [9.17, 15) is 0 Å². The molecule has 0 aromatic carbocycles. The summed E-state index contributed by atoms with van der Waals surface area (Å²) in [6.07, 6.45) is 4.12. The van der Waals surface area contributed by atoms with Gasteiger partial charge in [-0.15, -0.1) is 0 Å². The number of nitrogens with one attached hydrogen (secondary N) is 1. The molecule has 2 aromatic heterocycles. The predicted molar refractivity (Wildman–Crippen MR) is 88.7 cm³/mol. The van der Waals surface area contributed by atoms with Crippen molar-refractivity contribution in [2.75, 3.05) is 19.5 Å². The summed E-state index contributed by atoms with van der Waals surface area (Å²) in [5.74, 6) is 2.96. The van der Waals surface area contributed by atoms with Crippen LogP contribution in [0.3, 0.4) is 0 Å². The summed E-state index contributed by atoms with van der Waals surface area (Å²) in [5, 5.41) is 3.42. The zero-order valence-corrected chi connectivity index (χ0v) is 14.0. The molecule has 2 rings (SSSR count). The fraction of sp³-hybridized carbons (Fsp3) is 0.500. The number of hydrogen-bond acceptors (Lipinski definition) is 5. The standard InChI is InChI=1S/C16H24N4O2/c1-10(2)7-8-12-15(17-11(3)4)20-14(22-6)9-13(21-5)19-16(20)18-12/h7-11,17H,1-6H3/b8-7+. The van der Waals surface area contributed by atoms with Crippen molar-refractivity contribution in [3.8, 4) is 11.8 Å². The zero-order valence-electron chi connectivity index (χ0n) is 14.0. The van der Waals surface area contributed by atoms with E-state index in [4.69, 9.17) is 9.47 Å². The molecular formula is C16H24N4O2. The van der Waals surface area contributed by atoms with Crippen molar-refractivity contribution in [2.24, 2.45) is 5.92 Å². The zero-order chi connectivity index (χ0) is 16.3. The summed E-state index contributed by atoms with van der Waals surface area (Å²) in [5.41, 5.74) is 0.835. The molecule has 2 heterocycles. The van der Waals surface area contributed by atoms with Gasteiger partial charge in [0, 0.05) is 6.04 Å². The van der Waals surface area contributed by atoms with Crippen molar-refractivity contribution >= 4 is 17.7 Å². The second-order valence-corrected chi connectivity index (χ2v) is 5.72. The minimum atomic E-state index is 0.262. The molecule has 0 amide bonds. The average molecular weight is 304 g/mol.